The average molecular weight is 243 g/mol. The highest BCUT2D eigenvalue weighted by molar-refractivity contribution is 5.76. The first kappa shape index (κ1) is 12.4. The summed E-state index contributed by atoms with van der Waals surface area (Å²) in [6.07, 6.45) is 6.61. The van der Waals surface area contributed by atoms with Crippen LogP contribution >= 0.6 is 0 Å². The first-order valence-electron chi connectivity index (χ1n) is 6.08. The van der Waals surface area contributed by atoms with Crippen LogP contribution in [0.2, 0.25) is 0 Å². The minimum Gasteiger partial charge on any atom is -0.335 e. The molecule has 1 N–H and O–H groups in total. The SMILES string of the molecule is CC(CCc1ccccc1)NC(=O)n1ccnc1. The van der Waals surface area contributed by atoms with Gasteiger partial charge >= 0.3 is 6.03 Å². The van der Waals surface area contributed by atoms with Crippen molar-refractivity contribution in [1.82, 2.24) is 14.9 Å². The number of carbonyl (C=O) groups is 1. The van der Waals surface area contributed by atoms with E-state index in [0.717, 1.165) is 12.8 Å². The molecule has 2 aromatic rings. The predicted octanol–water partition coefficient (Wildman–Crippen LogP) is 2.46. The number of benzene rings is 1. The standard InChI is InChI=1S/C14H17N3O/c1-12(7-8-13-5-3-2-4-6-13)16-14(18)17-10-9-15-11-17/h2-6,9-12H,7-8H2,1H3,(H,16,18). The van der Waals surface area contributed by atoms with E-state index in [1.54, 1.807) is 12.4 Å². The van der Waals surface area contributed by atoms with E-state index in [0.29, 0.717) is 0 Å². The van der Waals surface area contributed by atoms with E-state index in [1.807, 2.05) is 25.1 Å². The molecule has 0 radical (unpaired) electrons. The molecule has 0 aliphatic rings. The fourth-order valence-corrected chi connectivity index (χ4v) is 1.76. The highest BCUT2D eigenvalue weighted by Gasteiger charge is 2.08. The van der Waals surface area contributed by atoms with Gasteiger partial charge in [0.25, 0.3) is 0 Å². The molecular formula is C14H17N3O. The minimum absolute atomic E-state index is 0.131. The van der Waals surface area contributed by atoms with E-state index in [2.05, 4.69) is 22.4 Å². The van der Waals surface area contributed by atoms with Crippen LogP contribution in [0.3, 0.4) is 0 Å². The molecule has 4 nitrogen and oxygen atoms in total. The second kappa shape index (κ2) is 6.00. The van der Waals surface area contributed by atoms with Crippen molar-refractivity contribution in [1.29, 1.82) is 0 Å². The number of aryl methyl sites for hydroxylation is 1. The number of hydrogen-bond donors (Lipinski definition) is 1. The van der Waals surface area contributed by atoms with Gasteiger partial charge in [-0.3, -0.25) is 4.57 Å². The van der Waals surface area contributed by atoms with Gasteiger partial charge in [-0.15, -0.1) is 0 Å². The molecule has 0 fully saturated rings. The normalized spacial score (nSPS) is 12.1. The van der Waals surface area contributed by atoms with Crippen molar-refractivity contribution in [2.75, 3.05) is 0 Å². The quantitative estimate of drug-likeness (QED) is 0.896. The molecule has 0 aliphatic heterocycles. The Bertz CT molecular complexity index is 479. The Morgan fingerprint density at radius 3 is 2.83 bits per heavy atom. The molecule has 0 spiro atoms. The lowest BCUT2D eigenvalue weighted by atomic mass is 10.1. The molecule has 1 unspecified atom stereocenters. The Morgan fingerprint density at radius 1 is 1.39 bits per heavy atom. The second-order valence-corrected chi connectivity index (χ2v) is 4.34. The summed E-state index contributed by atoms with van der Waals surface area (Å²) in [6, 6.07) is 10.3. The molecule has 0 bridgehead atoms. The summed E-state index contributed by atoms with van der Waals surface area (Å²) < 4.78 is 1.44. The number of amides is 1. The molecule has 1 atom stereocenters. The molecule has 1 aromatic heterocycles. The number of nitrogens with one attached hydrogen (secondary N) is 1. The minimum atomic E-state index is -0.131. The van der Waals surface area contributed by atoms with Crippen molar-refractivity contribution in [3.63, 3.8) is 0 Å². The zero-order chi connectivity index (χ0) is 12.8. The van der Waals surface area contributed by atoms with E-state index >= 15 is 0 Å². The third-order valence-electron chi connectivity index (χ3n) is 2.82. The fourth-order valence-electron chi connectivity index (χ4n) is 1.76. The summed E-state index contributed by atoms with van der Waals surface area (Å²) >= 11 is 0. The number of hydrogen-bond acceptors (Lipinski definition) is 2. The van der Waals surface area contributed by atoms with Crippen molar-refractivity contribution >= 4 is 6.03 Å². The van der Waals surface area contributed by atoms with Gasteiger partial charge in [0, 0.05) is 18.4 Å². The predicted molar refractivity (Wildman–Crippen MR) is 70.4 cm³/mol. The smallest absolute Gasteiger partial charge is 0.327 e. The Morgan fingerprint density at radius 2 is 2.17 bits per heavy atom. The van der Waals surface area contributed by atoms with E-state index in [4.69, 9.17) is 0 Å². The number of nitrogens with zero attached hydrogens (tertiary/aromatic N) is 2. The summed E-state index contributed by atoms with van der Waals surface area (Å²) in [5.41, 5.74) is 1.29. The molecule has 0 saturated heterocycles. The molecule has 18 heavy (non-hydrogen) atoms. The van der Waals surface area contributed by atoms with Crippen LogP contribution in [0.15, 0.2) is 49.1 Å². The first-order chi connectivity index (χ1) is 8.75. The van der Waals surface area contributed by atoms with Gasteiger partial charge in [-0.2, -0.15) is 0 Å². The van der Waals surface area contributed by atoms with Crippen LogP contribution in [0.1, 0.15) is 18.9 Å². The number of carbonyl (C=O) groups excluding carboxylic acids is 1. The maximum absolute atomic E-state index is 11.7. The van der Waals surface area contributed by atoms with Crippen LogP contribution in [0, 0.1) is 0 Å². The summed E-state index contributed by atoms with van der Waals surface area (Å²) in [4.78, 5) is 15.6. The zero-order valence-corrected chi connectivity index (χ0v) is 10.4. The molecular weight excluding hydrogens is 226 g/mol. The molecule has 2 rings (SSSR count). The van der Waals surface area contributed by atoms with E-state index < -0.39 is 0 Å². The van der Waals surface area contributed by atoms with Gasteiger partial charge in [0.15, 0.2) is 0 Å². The van der Waals surface area contributed by atoms with Crippen LogP contribution in [-0.2, 0) is 6.42 Å². The highest BCUT2D eigenvalue weighted by atomic mass is 16.2. The largest absolute Gasteiger partial charge is 0.335 e. The van der Waals surface area contributed by atoms with Gasteiger partial charge < -0.3 is 5.32 Å². The van der Waals surface area contributed by atoms with Gasteiger partial charge in [0.2, 0.25) is 0 Å². The monoisotopic (exact) mass is 243 g/mol. The number of rotatable bonds is 4. The van der Waals surface area contributed by atoms with Crippen molar-refractivity contribution in [2.45, 2.75) is 25.8 Å². The van der Waals surface area contributed by atoms with Crippen LogP contribution in [0.4, 0.5) is 4.79 Å². The van der Waals surface area contributed by atoms with Crippen molar-refractivity contribution in [2.24, 2.45) is 0 Å². The third kappa shape index (κ3) is 3.45. The number of aromatic nitrogens is 2. The van der Waals surface area contributed by atoms with Crippen LogP contribution in [-0.4, -0.2) is 21.6 Å². The maximum atomic E-state index is 11.7. The molecule has 4 heteroatoms. The summed E-state index contributed by atoms with van der Waals surface area (Å²) in [5.74, 6) is 0. The van der Waals surface area contributed by atoms with Crippen LogP contribution < -0.4 is 5.32 Å². The molecule has 1 aromatic carbocycles. The molecule has 1 amide bonds. The lowest BCUT2D eigenvalue weighted by Crippen LogP contribution is -2.35. The second-order valence-electron chi connectivity index (χ2n) is 4.34. The fraction of sp³-hybridized carbons (Fsp3) is 0.286. The topological polar surface area (TPSA) is 46.9 Å². The summed E-state index contributed by atoms with van der Waals surface area (Å²) in [5, 5.41) is 2.94. The van der Waals surface area contributed by atoms with Crippen molar-refractivity contribution in [3.05, 3.63) is 54.6 Å². The van der Waals surface area contributed by atoms with E-state index in [-0.39, 0.29) is 12.1 Å². The summed E-state index contributed by atoms with van der Waals surface area (Å²) in [7, 11) is 0. The van der Waals surface area contributed by atoms with Gasteiger partial charge in [-0.25, -0.2) is 9.78 Å². The lowest BCUT2D eigenvalue weighted by Gasteiger charge is -2.13. The van der Waals surface area contributed by atoms with Crippen molar-refractivity contribution in [3.8, 4) is 0 Å². The van der Waals surface area contributed by atoms with Crippen LogP contribution in [0.5, 0.6) is 0 Å². The highest BCUT2D eigenvalue weighted by Crippen LogP contribution is 2.04. The van der Waals surface area contributed by atoms with Gasteiger partial charge in [-0.1, -0.05) is 30.3 Å². The zero-order valence-electron chi connectivity index (χ0n) is 10.4. The van der Waals surface area contributed by atoms with E-state index in [1.165, 1.54) is 16.5 Å². The van der Waals surface area contributed by atoms with Crippen LogP contribution in [0.25, 0.3) is 0 Å². The van der Waals surface area contributed by atoms with Gasteiger partial charge in [0.1, 0.15) is 6.33 Å². The average Bonchev–Trinajstić information content (AvgIpc) is 2.91. The molecule has 0 saturated carbocycles. The van der Waals surface area contributed by atoms with E-state index in [9.17, 15) is 4.79 Å². The Hall–Kier alpha value is -2.10. The maximum Gasteiger partial charge on any atom is 0.327 e. The Balaban J connectivity index is 1.79. The Kier molecular flexibility index (Phi) is 4.12. The van der Waals surface area contributed by atoms with Gasteiger partial charge in [0.05, 0.1) is 0 Å². The molecule has 0 aliphatic carbocycles. The first-order valence-corrected chi connectivity index (χ1v) is 6.08. The number of imidazole rings is 1. The van der Waals surface area contributed by atoms with Crippen molar-refractivity contribution < 1.29 is 4.79 Å². The molecule has 1 heterocycles. The molecule has 94 valence electrons. The lowest BCUT2D eigenvalue weighted by molar-refractivity contribution is 0.238. The Labute approximate surface area is 107 Å². The summed E-state index contributed by atoms with van der Waals surface area (Å²) in [6.45, 7) is 2.01. The van der Waals surface area contributed by atoms with Gasteiger partial charge in [-0.05, 0) is 25.3 Å². The third-order valence-corrected chi connectivity index (χ3v) is 2.82.